The first kappa shape index (κ1) is 16.1. The third-order valence-corrected chi connectivity index (χ3v) is 3.01. The molecule has 0 aromatic rings. The first-order chi connectivity index (χ1) is 8.51. The van der Waals surface area contributed by atoms with Gasteiger partial charge in [-0.15, -0.1) is 0 Å². The number of likely N-dealkylation sites (tertiary alicyclic amines) is 1. The summed E-state index contributed by atoms with van der Waals surface area (Å²) in [5.41, 5.74) is 1.39. The van der Waals surface area contributed by atoms with Gasteiger partial charge in [0.25, 0.3) is 5.92 Å². The maximum absolute atomic E-state index is 14.3. The minimum Gasteiger partial charge on any atom is -0.444 e. The Balaban J connectivity index is 2.77. The van der Waals surface area contributed by atoms with Gasteiger partial charge in [0.1, 0.15) is 5.60 Å². The summed E-state index contributed by atoms with van der Waals surface area (Å²) in [6, 6.07) is 0. The summed E-state index contributed by atoms with van der Waals surface area (Å²) in [4.78, 5) is 12.8. The molecule has 0 spiro atoms. The van der Waals surface area contributed by atoms with Gasteiger partial charge in [-0.1, -0.05) is 0 Å². The largest absolute Gasteiger partial charge is 0.444 e. The second-order valence-electron chi connectivity index (χ2n) is 5.88. The maximum Gasteiger partial charge on any atom is 0.410 e. The van der Waals surface area contributed by atoms with Gasteiger partial charge in [0, 0.05) is 6.54 Å². The van der Waals surface area contributed by atoms with Crippen LogP contribution < -0.4 is 5.73 Å². The summed E-state index contributed by atoms with van der Waals surface area (Å²) in [5.74, 6) is -3.65. The van der Waals surface area contributed by atoms with E-state index in [1.165, 1.54) is 0 Å². The standard InChI is InChI=1S/C12H21F3N2O2/c1-10(2,3)19-9(18)17-6-4-5-11(13,8-17)12(14,15)7-16/h4-8,16H2,1-3H3. The van der Waals surface area contributed by atoms with E-state index in [-0.39, 0.29) is 19.4 Å². The molecule has 4 nitrogen and oxygen atoms in total. The van der Waals surface area contributed by atoms with Crippen LogP contribution in [0.25, 0.3) is 0 Å². The molecule has 1 fully saturated rings. The molecule has 0 aromatic carbocycles. The van der Waals surface area contributed by atoms with Crippen molar-refractivity contribution in [2.24, 2.45) is 5.73 Å². The summed E-state index contributed by atoms with van der Waals surface area (Å²) in [5, 5.41) is 0. The minimum atomic E-state index is -3.65. The highest BCUT2D eigenvalue weighted by atomic mass is 19.3. The molecular formula is C12H21F3N2O2. The zero-order chi connectivity index (χ0) is 14.9. The Kier molecular flexibility index (Phi) is 4.39. The van der Waals surface area contributed by atoms with Crippen LogP contribution in [0, 0.1) is 0 Å². The van der Waals surface area contributed by atoms with Gasteiger partial charge in [0.2, 0.25) is 0 Å². The fourth-order valence-corrected chi connectivity index (χ4v) is 1.97. The predicted molar refractivity (Wildman–Crippen MR) is 64.9 cm³/mol. The van der Waals surface area contributed by atoms with Gasteiger partial charge in [-0.25, -0.2) is 18.0 Å². The van der Waals surface area contributed by atoms with Gasteiger partial charge in [0.05, 0.1) is 13.1 Å². The molecule has 19 heavy (non-hydrogen) atoms. The van der Waals surface area contributed by atoms with E-state index in [9.17, 15) is 18.0 Å². The van der Waals surface area contributed by atoms with Crippen molar-refractivity contribution in [2.45, 2.75) is 50.8 Å². The van der Waals surface area contributed by atoms with Crippen LogP contribution in [0.5, 0.6) is 0 Å². The van der Waals surface area contributed by atoms with Gasteiger partial charge in [-0.3, -0.25) is 0 Å². The number of hydrogen-bond donors (Lipinski definition) is 1. The number of nitrogens with zero attached hydrogens (tertiary/aromatic N) is 1. The van der Waals surface area contributed by atoms with E-state index >= 15 is 0 Å². The third kappa shape index (κ3) is 3.75. The van der Waals surface area contributed by atoms with E-state index in [2.05, 4.69) is 0 Å². The van der Waals surface area contributed by atoms with Crippen molar-refractivity contribution in [1.82, 2.24) is 4.90 Å². The summed E-state index contributed by atoms with van der Waals surface area (Å²) >= 11 is 0. The number of hydrogen-bond acceptors (Lipinski definition) is 3. The maximum atomic E-state index is 14.3. The lowest BCUT2D eigenvalue weighted by Gasteiger charge is -2.41. The van der Waals surface area contributed by atoms with Crippen molar-refractivity contribution in [3.8, 4) is 0 Å². The zero-order valence-corrected chi connectivity index (χ0v) is 11.5. The van der Waals surface area contributed by atoms with Crippen LogP contribution >= 0.6 is 0 Å². The number of rotatable bonds is 2. The number of carbonyl (C=O) groups is 1. The molecule has 1 aliphatic heterocycles. The lowest BCUT2D eigenvalue weighted by Crippen LogP contribution is -2.59. The van der Waals surface area contributed by atoms with Crippen molar-refractivity contribution >= 4 is 6.09 Å². The van der Waals surface area contributed by atoms with E-state index in [1.807, 2.05) is 0 Å². The van der Waals surface area contributed by atoms with E-state index < -0.39 is 36.4 Å². The molecule has 0 bridgehead atoms. The van der Waals surface area contributed by atoms with Crippen LogP contribution in [0.3, 0.4) is 0 Å². The summed E-state index contributed by atoms with van der Waals surface area (Å²) in [6.45, 7) is 3.42. The molecule has 1 heterocycles. The van der Waals surface area contributed by atoms with Crippen molar-refractivity contribution in [2.75, 3.05) is 19.6 Å². The highest BCUT2D eigenvalue weighted by Crippen LogP contribution is 2.39. The average Bonchev–Trinajstić information content (AvgIpc) is 2.26. The first-order valence-electron chi connectivity index (χ1n) is 6.25. The van der Waals surface area contributed by atoms with Gasteiger partial charge in [0.15, 0.2) is 5.67 Å². The molecule has 112 valence electrons. The number of ether oxygens (including phenoxy) is 1. The van der Waals surface area contributed by atoms with Crippen LogP contribution in [0.1, 0.15) is 33.6 Å². The number of halogens is 3. The Morgan fingerprint density at radius 1 is 1.42 bits per heavy atom. The third-order valence-electron chi connectivity index (χ3n) is 3.01. The van der Waals surface area contributed by atoms with Gasteiger partial charge in [-0.2, -0.15) is 0 Å². The molecule has 0 aromatic heterocycles. The Morgan fingerprint density at radius 2 is 2.00 bits per heavy atom. The van der Waals surface area contributed by atoms with Crippen LogP contribution in [-0.4, -0.2) is 47.8 Å². The van der Waals surface area contributed by atoms with Crippen LogP contribution in [0.2, 0.25) is 0 Å². The summed E-state index contributed by atoms with van der Waals surface area (Å²) < 4.78 is 46.4. The number of amides is 1. The fourth-order valence-electron chi connectivity index (χ4n) is 1.97. The molecule has 1 rings (SSSR count). The topological polar surface area (TPSA) is 55.6 Å². The first-order valence-corrected chi connectivity index (χ1v) is 6.25. The van der Waals surface area contributed by atoms with Gasteiger partial charge >= 0.3 is 6.09 Å². The SMILES string of the molecule is CC(C)(C)OC(=O)N1CCCC(F)(C(F)(F)CN)C1. The summed E-state index contributed by atoms with van der Waals surface area (Å²) in [7, 11) is 0. The molecule has 0 radical (unpaired) electrons. The quantitative estimate of drug-likeness (QED) is 0.845. The highest BCUT2D eigenvalue weighted by Gasteiger charge is 2.56. The zero-order valence-electron chi connectivity index (χ0n) is 11.5. The van der Waals surface area contributed by atoms with Crippen molar-refractivity contribution in [3.05, 3.63) is 0 Å². The molecule has 1 saturated heterocycles. The smallest absolute Gasteiger partial charge is 0.410 e. The second kappa shape index (κ2) is 5.19. The van der Waals surface area contributed by atoms with Crippen molar-refractivity contribution in [3.63, 3.8) is 0 Å². The van der Waals surface area contributed by atoms with Crippen LogP contribution in [0.4, 0.5) is 18.0 Å². The Bertz CT molecular complexity index is 344. The average molecular weight is 282 g/mol. The van der Waals surface area contributed by atoms with Crippen molar-refractivity contribution < 1.29 is 22.7 Å². The molecule has 7 heteroatoms. The number of carbonyl (C=O) groups excluding carboxylic acids is 1. The summed E-state index contributed by atoms with van der Waals surface area (Å²) in [6.07, 6.45) is -0.927. The molecule has 0 aliphatic carbocycles. The van der Waals surface area contributed by atoms with Crippen LogP contribution in [-0.2, 0) is 4.74 Å². The lowest BCUT2D eigenvalue weighted by molar-refractivity contribution is -0.154. The van der Waals surface area contributed by atoms with E-state index in [0.717, 1.165) is 4.90 Å². The van der Waals surface area contributed by atoms with E-state index in [4.69, 9.17) is 10.5 Å². The molecular weight excluding hydrogens is 261 g/mol. The monoisotopic (exact) mass is 282 g/mol. The lowest BCUT2D eigenvalue weighted by atomic mass is 9.88. The highest BCUT2D eigenvalue weighted by molar-refractivity contribution is 5.68. The minimum absolute atomic E-state index is 0.158. The van der Waals surface area contributed by atoms with Gasteiger partial charge < -0.3 is 15.4 Å². The number of piperidine rings is 1. The molecule has 1 unspecified atom stereocenters. The normalized spacial score (nSPS) is 25.3. The van der Waals surface area contributed by atoms with Crippen LogP contribution in [0.15, 0.2) is 0 Å². The Hall–Kier alpha value is -0.980. The molecule has 1 atom stereocenters. The van der Waals surface area contributed by atoms with Gasteiger partial charge in [-0.05, 0) is 33.6 Å². The number of nitrogens with two attached hydrogens (primary N) is 1. The van der Waals surface area contributed by atoms with E-state index in [0.29, 0.717) is 0 Å². The Morgan fingerprint density at radius 3 is 2.47 bits per heavy atom. The molecule has 1 aliphatic rings. The number of alkyl halides is 3. The molecule has 1 amide bonds. The fraction of sp³-hybridized carbons (Fsp3) is 0.917. The van der Waals surface area contributed by atoms with Crippen molar-refractivity contribution in [1.29, 1.82) is 0 Å². The Labute approximate surface area is 111 Å². The van der Waals surface area contributed by atoms with E-state index in [1.54, 1.807) is 20.8 Å². The predicted octanol–water partition coefficient (Wildman–Crippen LogP) is 2.32. The molecule has 2 N–H and O–H groups in total. The molecule has 0 saturated carbocycles. The second-order valence-corrected chi connectivity index (χ2v) is 5.88.